The summed E-state index contributed by atoms with van der Waals surface area (Å²) >= 11 is 0. The van der Waals surface area contributed by atoms with E-state index in [1.54, 1.807) is 6.20 Å². The Morgan fingerprint density at radius 3 is 2.67 bits per heavy atom. The standard InChI is InChI=1S/C6H14N2.BrH/c1-3-5-6-8-7-4-2;/h4,7-8H,2-3,5-6H2,1H3;1H. The number of hydrogen-bond donors (Lipinski definition) is 2. The molecule has 9 heavy (non-hydrogen) atoms. The Labute approximate surface area is 67.5 Å². The zero-order valence-electron chi connectivity index (χ0n) is 5.81. The van der Waals surface area contributed by atoms with Gasteiger partial charge in [-0.25, -0.2) is 5.43 Å². The molecule has 0 aromatic carbocycles. The predicted molar refractivity (Wildman–Crippen MR) is 46.6 cm³/mol. The van der Waals surface area contributed by atoms with Crippen LogP contribution in [0.1, 0.15) is 19.8 Å². The second-order valence-electron chi connectivity index (χ2n) is 1.63. The third-order valence-corrected chi connectivity index (χ3v) is 0.859. The van der Waals surface area contributed by atoms with Crippen molar-refractivity contribution in [2.24, 2.45) is 0 Å². The van der Waals surface area contributed by atoms with Crippen molar-refractivity contribution in [3.8, 4) is 0 Å². The van der Waals surface area contributed by atoms with Gasteiger partial charge in [-0.05, 0) is 6.42 Å². The molecule has 2 nitrogen and oxygen atoms in total. The number of hydrazine groups is 1. The molecule has 0 unspecified atom stereocenters. The molecule has 0 saturated heterocycles. The van der Waals surface area contributed by atoms with E-state index in [9.17, 15) is 0 Å². The molecule has 0 heterocycles. The van der Waals surface area contributed by atoms with Gasteiger partial charge in [0.1, 0.15) is 0 Å². The highest BCUT2D eigenvalue weighted by atomic mass is 79.9. The Bertz CT molecular complexity index is 57.0. The molecule has 0 aliphatic rings. The van der Waals surface area contributed by atoms with Gasteiger partial charge in [0, 0.05) is 12.7 Å². The minimum atomic E-state index is 0. The van der Waals surface area contributed by atoms with Crippen LogP contribution in [0.5, 0.6) is 0 Å². The summed E-state index contributed by atoms with van der Waals surface area (Å²) in [6.07, 6.45) is 4.07. The van der Waals surface area contributed by atoms with Gasteiger partial charge in [0.2, 0.25) is 0 Å². The zero-order valence-corrected chi connectivity index (χ0v) is 7.53. The lowest BCUT2D eigenvalue weighted by atomic mass is 10.3. The smallest absolute Gasteiger partial charge is 0.0147 e. The average molecular weight is 195 g/mol. The van der Waals surface area contributed by atoms with Crippen LogP contribution in [-0.2, 0) is 0 Å². The molecule has 0 atom stereocenters. The summed E-state index contributed by atoms with van der Waals surface area (Å²) in [6, 6.07) is 0. The van der Waals surface area contributed by atoms with Crippen LogP contribution in [-0.4, -0.2) is 6.54 Å². The van der Waals surface area contributed by atoms with Crippen molar-refractivity contribution in [3.63, 3.8) is 0 Å². The lowest BCUT2D eigenvalue weighted by Gasteiger charge is -1.99. The fourth-order valence-corrected chi connectivity index (χ4v) is 0.410. The summed E-state index contributed by atoms with van der Waals surface area (Å²) in [5.41, 5.74) is 5.76. The van der Waals surface area contributed by atoms with Gasteiger partial charge in [0.05, 0.1) is 0 Å². The second kappa shape index (κ2) is 10.9. The van der Waals surface area contributed by atoms with Gasteiger partial charge < -0.3 is 5.43 Å². The Morgan fingerprint density at radius 2 is 2.22 bits per heavy atom. The largest absolute Gasteiger partial charge is 0.329 e. The number of rotatable bonds is 5. The quantitative estimate of drug-likeness (QED) is 0.514. The molecular weight excluding hydrogens is 180 g/mol. The average Bonchev–Trinajstić information content (AvgIpc) is 1.81. The lowest BCUT2D eigenvalue weighted by Crippen LogP contribution is -2.26. The van der Waals surface area contributed by atoms with Gasteiger partial charge in [-0.2, -0.15) is 0 Å². The second-order valence-corrected chi connectivity index (χ2v) is 1.63. The maximum Gasteiger partial charge on any atom is 0.0147 e. The number of unbranched alkanes of at least 4 members (excludes halogenated alkanes) is 1. The topological polar surface area (TPSA) is 24.1 Å². The fraction of sp³-hybridized carbons (Fsp3) is 0.667. The molecule has 0 radical (unpaired) electrons. The van der Waals surface area contributed by atoms with Gasteiger partial charge in [-0.15, -0.1) is 17.0 Å². The van der Waals surface area contributed by atoms with Crippen molar-refractivity contribution in [2.75, 3.05) is 6.54 Å². The molecule has 0 amide bonds. The molecule has 0 saturated carbocycles. The Hall–Kier alpha value is -0.0200. The van der Waals surface area contributed by atoms with Crippen molar-refractivity contribution >= 4 is 17.0 Å². The van der Waals surface area contributed by atoms with Gasteiger partial charge in [-0.1, -0.05) is 19.9 Å². The zero-order chi connectivity index (χ0) is 6.24. The third-order valence-electron chi connectivity index (χ3n) is 0.859. The predicted octanol–water partition coefficient (Wildman–Crippen LogP) is 1.60. The van der Waals surface area contributed by atoms with Crippen LogP contribution in [0.25, 0.3) is 0 Å². The van der Waals surface area contributed by atoms with E-state index < -0.39 is 0 Å². The molecule has 0 fully saturated rings. The van der Waals surface area contributed by atoms with Crippen molar-refractivity contribution in [1.29, 1.82) is 0 Å². The molecule has 56 valence electrons. The van der Waals surface area contributed by atoms with Gasteiger partial charge in [0.15, 0.2) is 0 Å². The highest BCUT2D eigenvalue weighted by Crippen LogP contribution is 1.79. The first-order valence-electron chi connectivity index (χ1n) is 3.01. The van der Waals surface area contributed by atoms with Gasteiger partial charge in [-0.3, -0.25) is 0 Å². The highest BCUT2D eigenvalue weighted by molar-refractivity contribution is 8.93. The van der Waals surface area contributed by atoms with Crippen molar-refractivity contribution < 1.29 is 0 Å². The van der Waals surface area contributed by atoms with E-state index in [1.807, 2.05) is 0 Å². The Morgan fingerprint density at radius 1 is 1.56 bits per heavy atom. The van der Waals surface area contributed by atoms with Gasteiger partial charge in [0.25, 0.3) is 0 Å². The van der Waals surface area contributed by atoms with Crippen LogP contribution in [0.15, 0.2) is 12.8 Å². The SMILES string of the molecule is Br.C=CNNCCCC. The van der Waals surface area contributed by atoms with Crippen LogP contribution in [0, 0.1) is 0 Å². The maximum atomic E-state index is 3.48. The molecule has 0 aromatic rings. The van der Waals surface area contributed by atoms with E-state index in [2.05, 4.69) is 24.4 Å². The van der Waals surface area contributed by atoms with Crippen LogP contribution >= 0.6 is 17.0 Å². The molecule has 0 rings (SSSR count). The van der Waals surface area contributed by atoms with E-state index in [0.29, 0.717) is 0 Å². The van der Waals surface area contributed by atoms with E-state index in [1.165, 1.54) is 12.8 Å². The lowest BCUT2D eigenvalue weighted by molar-refractivity contribution is 0.594. The molecule has 0 bridgehead atoms. The molecule has 2 N–H and O–H groups in total. The molecule has 3 heteroatoms. The van der Waals surface area contributed by atoms with Crippen molar-refractivity contribution in [3.05, 3.63) is 12.8 Å². The van der Waals surface area contributed by atoms with E-state index >= 15 is 0 Å². The summed E-state index contributed by atoms with van der Waals surface area (Å²) < 4.78 is 0. The minimum Gasteiger partial charge on any atom is -0.329 e. The molecule has 0 spiro atoms. The van der Waals surface area contributed by atoms with Crippen molar-refractivity contribution in [1.82, 2.24) is 10.9 Å². The molecular formula is C6H15BrN2. The summed E-state index contributed by atoms with van der Waals surface area (Å²) in [6.45, 7) is 6.66. The van der Waals surface area contributed by atoms with Crippen LogP contribution < -0.4 is 10.9 Å². The van der Waals surface area contributed by atoms with E-state index in [0.717, 1.165) is 6.54 Å². The van der Waals surface area contributed by atoms with Gasteiger partial charge >= 0.3 is 0 Å². The van der Waals surface area contributed by atoms with Crippen LogP contribution in [0.2, 0.25) is 0 Å². The Balaban J connectivity index is 0. The van der Waals surface area contributed by atoms with Crippen LogP contribution in [0.4, 0.5) is 0 Å². The normalized spacial score (nSPS) is 7.67. The molecule has 0 aliphatic carbocycles. The monoisotopic (exact) mass is 194 g/mol. The third kappa shape index (κ3) is 11.5. The summed E-state index contributed by atoms with van der Waals surface area (Å²) in [7, 11) is 0. The number of nitrogens with one attached hydrogen (secondary N) is 2. The summed E-state index contributed by atoms with van der Waals surface area (Å²) in [5.74, 6) is 0. The number of halogens is 1. The summed E-state index contributed by atoms with van der Waals surface area (Å²) in [5, 5.41) is 0. The Kier molecular flexibility index (Phi) is 14.2. The first kappa shape index (κ1) is 11.7. The van der Waals surface area contributed by atoms with E-state index in [-0.39, 0.29) is 17.0 Å². The maximum absolute atomic E-state index is 3.48. The molecule has 0 aromatic heterocycles. The van der Waals surface area contributed by atoms with E-state index in [4.69, 9.17) is 0 Å². The minimum absolute atomic E-state index is 0. The molecule has 0 aliphatic heterocycles. The van der Waals surface area contributed by atoms with Crippen LogP contribution in [0.3, 0.4) is 0 Å². The van der Waals surface area contributed by atoms with Crippen molar-refractivity contribution in [2.45, 2.75) is 19.8 Å². The first-order valence-corrected chi connectivity index (χ1v) is 3.01. The number of hydrogen-bond acceptors (Lipinski definition) is 2. The summed E-state index contributed by atoms with van der Waals surface area (Å²) in [4.78, 5) is 0. The fourth-order valence-electron chi connectivity index (χ4n) is 0.410. The first-order chi connectivity index (χ1) is 3.91. The highest BCUT2D eigenvalue weighted by Gasteiger charge is 1.77.